The van der Waals surface area contributed by atoms with E-state index in [2.05, 4.69) is 0 Å². The Morgan fingerprint density at radius 1 is 1.42 bits per heavy atom. The molecule has 0 unspecified atom stereocenters. The standard InChI is InChI=1S/C6H14NO4P/c1-3-10-12(9,11-4-2)5-6(7)8/h9H,3-5H2,1-2H3,(H-,7,8)/p+1. The van der Waals surface area contributed by atoms with E-state index in [1.807, 2.05) is 0 Å². The highest BCUT2D eigenvalue weighted by Crippen LogP contribution is 2.56. The quantitative estimate of drug-likeness (QED) is 0.598. The average molecular weight is 196 g/mol. The lowest BCUT2D eigenvalue weighted by Crippen LogP contribution is -2.21. The number of amides is 1. The van der Waals surface area contributed by atoms with Crippen molar-refractivity contribution in [3.8, 4) is 0 Å². The van der Waals surface area contributed by atoms with Gasteiger partial charge in [-0.1, -0.05) is 0 Å². The number of hydrogen-bond donors (Lipinski definition) is 2. The summed E-state index contributed by atoms with van der Waals surface area (Å²) in [5.41, 5.74) is 4.91. The van der Waals surface area contributed by atoms with Gasteiger partial charge in [-0.15, -0.1) is 0 Å². The summed E-state index contributed by atoms with van der Waals surface area (Å²) in [5, 5.41) is 0. The molecule has 0 heterocycles. The molecule has 0 aromatic carbocycles. The Kier molecular flexibility index (Phi) is 5.33. The molecular weight excluding hydrogens is 181 g/mol. The molecule has 0 atom stereocenters. The summed E-state index contributed by atoms with van der Waals surface area (Å²) in [6.45, 7) is 4.03. The van der Waals surface area contributed by atoms with Crippen molar-refractivity contribution in [1.82, 2.24) is 0 Å². The Labute approximate surface area is 72.4 Å². The number of carbonyl (C=O) groups excluding carboxylic acids is 1. The number of hydrogen-bond acceptors (Lipinski definition) is 4. The number of carbonyl (C=O) groups is 1. The Morgan fingerprint density at radius 2 is 1.83 bits per heavy atom. The average Bonchev–Trinajstić information content (AvgIpc) is 1.85. The van der Waals surface area contributed by atoms with Crippen LogP contribution < -0.4 is 5.73 Å². The zero-order chi connectivity index (χ0) is 9.61. The van der Waals surface area contributed by atoms with Crippen molar-refractivity contribution in [2.45, 2.75) is 13.8 Å². The van der Waals surface area contributed by atoms with E-state index in [0.29, 0.717) is 13.2 Å². The van der Waals surface area contributed by atoms with Gasteiger partial charge in [-0.25, -0.2) is 0 Å². The predicted octanol–water partition coefficient (Wildman–Crippen LogP) is 0.300. The number of nitrogens with two attached hydrogens (primary N) is 1. The highest BCUT2D eigenvalue weighted by atomic mass is 31.2. The van der Waals surface area contributed by atoms with Crippen LogP contribution in [0.1, 0.15) is 13.8 Å². The maximum atomic E-state index is 10.5. The fraction of sp³-hybridized carbons (Fsp3) is 0.833. The van der Waals surface area contributed by atoms with Gasteiger partial charge in [-0.05, 0) is 13.8 Å². The first-order valence-corrected chi connectivity index (χ1v) is 5.48. The van der Waals surface area contributed by atoms with Crippen LogP contribution in [0.2, 0.25) is 0 Å². The van der Waals surface area contributed by atoms with E-state index >= 15 is 0 Å². The Bertz CT molecular complexity index is 146. The van der Waals surface area contributed by atoms with E-state index in [4.69, 9.17) is 14.8 Å². The fourth-order valence-electron chi connectivity index (χ4n) is 0.729. The molecule has 5 nitrogen and oxygen atoms in total. The lowest BCUT2D eigenvalue weighted by molar-refractivity contribution is -0.116. The molecule has 0 bridgehead atoms. The largest absolute Gasteiger partial charge is 0.418 e. The normalized spacial score (nSPS) is 11.6. The molecule has 0 spiro atoms. The first kappa shape index (κ1) is 11.8. The van der Waals surface area contributed by atoms with Gasteiger partial charge < -0.3 is 5.73 Å². The van der Waals surface area contributed by atoms with Gasteiger partial charge >= 0.3 is 7.94 Å². The molecule has 72 valence electrons. The summed E-state index contributed by atoms with van der Waals surface area (Å²) in [6.07, 6.45) is -0.241. The summed E-state index contributed by atoms with van der Waals surface area (Å²) in [6, 6.07) is 0. The van der Waals surface area contributed by atoms with Gasteiger partial charge in [-0.3, -0.25) is 4.79 Å². The van der Waals surface area contributed by atoms with Crippen molar-refractivity contribution >= 4 is 13.9 Å². The highest BCUT2D eigenvalue weighted by molar-refractivity contribution is 7.61. The zero-order valence-corrected chi connectivity index (χ0v) is 8.21. The molecule has 0 saturated heterocycles. The van der Waals surface area contributed by atoms with E-state index in [1.165, 1.54) is 0 Å². The summed E-state index contributed by atoms with van der Waals surface area (Å²) >= 11 is 0. The molecule has 0 aromatic heterocycles. The molecule has 1 amide bonds. The van der Waals surface area contributed by atoms with Crippen LogP contribution in [0.5, 0.6) is 0 Å². The topological polar surface area (TPSA) is 81.8 Å². The molecule has 0 fully saturated rings. The summed E-state index contributed by atoms with van der Waals surface area (Å²) < 4.78 is 9.85. The van der Waals surface area contributed by atoms with Gasteiger partial charge in [0.2, 0.25) is 6.16 Å². The summed E-state index contributed by atoms with van der Waals surface area (Å²) in [5.74, 6) is -0.618. The Balaban J connectivity index is 4.07. The van der Waals surface area contributed by atoms with Gasteiger partial charge in [-0.2, -0.15) is 13.9 Å². The molecule has 6 heteroatoms. The second-order valence-electron chi connectivity index (χ2n) is 2.10. The van der Waals surface area contributed by atoms with Crippen LogP contribution in [0.4, 0.5) is 0 Å². The number of primary amides is 1. The molecule has 12 heavy (non-hydrogen) atoms. The zero-order valence-electron chi connectivity index (χ0n) is 7.32. The number of rotatable bonds is 6. The van der Waals surface area contributed by atoms with Crippen molar-refractivity contribution in [3.05, 3.63) is 0 Å². The third-order valence-corrected chi connectivity index (χ3v) is 3.05. The third kappa shape index (κ3) is 4.62. The van der Waals surface area contributed by atoms with E-state index < -0.39 is 13.9 Å². The van der Waals surface area contributed by atoms with E-state index in [9.17, 15) is 9.69 Å². The highest BCUT2D eigenvalue weighted by Gasteiger charge is 2.41. The molecule has 0 aliphatic heterocycles. The van der Waals surface area contributed by atoms with E-state index in [1.54, 1.807) is 13.8 Å². The molecule has 3 N–H and O–H groups in total. The Morgan fingerprint density at radius 3 is 2.08 bits per heavy atom. The maximum absolute atomic E-state index is 10.5. The maximum Gasteiger partial charge on any atom is 0.418 e. The third-order valence-electron chi connectivity index (χ3n) is 1.02. The van der Waals surface area contributed by atoms with Gasteiger partial charge in [0.15, 0.2) is 0 Å². The SMILES string of the molecule is CCO[P+](O)(CC(N)=O)OCC. The second-order valence-corrected chi connectivity index (χ2v) is 4.20. The minimum Gasteiger partial charge on any atom is -0.366 e. The molecular formula is C6H15NO4P+. The van der Waals surface area contributed by atoms with Crippen LogP contribution in [-0.4, -0.2) is 30.2 Å². The molecule has 0 aromatic rings. The minimum atomic E-state index is -3.00. The molecule has 0 aliphatic carbocycles. The van der Waals surface area contributed by atoms with Gasteiger partial charge in [0.25, 0.3) is 5.91 Å². The van der Waals surface area contributed by atoms with Crippen LogP contribution in [-0.2, 0) is 13.8 Å². The first-order chi connectivity index (χ1) is 5.54. The predicted molar refractivity (Wildman–Crippen MR) is 46.5 cm³/mol. The fourth-order valence-corrected chi connectivity index (χ4v) is 2.19. The molecule has 0 rings (SSSR count). The molecule has 0 aliphatic rings. The van der Waals surface area contributed by atoms with Gasteiger partial charge in [0.1, 0.15) is 0 Å². The van der Waals surface area contributed by atoms with Gasteiger partial charge in [0, 0.05) is 0 Å². The second kappa shape index (κ2) is 5.43. The van der Waals surface area contributed by atoms with Crippen LogP contribution in [0.25, 0.3) is 0 Å². The van der Waals surface area contributed by atoms with Crippen molar-refractivity contribution < 1.29 is 18.7 Å². The lowest BCUT2D eigenvalue weighted by Gasteiger charge is -2.13. The summed E-state index contributed by atoms with van der Waals surface area (Å²) in [4.78, 5) is 20.0. The van der Waals surface area contributed by atoms with Crippen LogP contribution in [0.3, 0.4) is 0 Å². The Hall–Kier alpha value is -0.220. The van der Waals surface area contributed by atoms with Crippen molar-refractivity contribution in [1.29, 1.82) is 0 Å². The van der Waals surface area contributed by atoms with Crippen LogP contribution in [0, 0.1) is 0 Å². The lowest BCUT2D eigenvalue weighted by atomic mass is 10.8. The first-order valence-electron chi connectivity index (χ1n) is 3.72. The van der Waals surface area contributed by atoms with Crippen molar-refractivity contribution in [2.24, 2.45) is 5.73 Å². The van der Waals surface area contributed by atoms with E-state index in [0.717, 1.165) is 0 Å². The van der Waals surface area contributed by atoms with E-state index in [-0.39, 0.29) is 6.16 Å². The molecule has 0 saturated carbocycles. The van der Waals surface area contributed by atoms with Crippen molar-refractivity contribution in [3.63, 3.8) is 0 Å². The smallest absolute Gasteiger partial charge is 0.366 e. The monoisotopic (exact) mass is 196 g/mol. The van der Waals surface area contributed by atoms with Gasteiger partial charge in [0.05, 0.1) is 13.2 Å². The van der Waals surface area contributed by atoms with Crippen molar-refractivity contribution in [2.75, 3.05) is 19.4 Å². The van der Waals surface area contributed by atoms with Crippen LogP contribution in [0.15, 0.2) is 0 Å². The van der Waals surface area contributed by atoms with Crippen LogP contribution >= 0.6 is 7.94 Å². The molecule has 0 radical (unpaired) electrons. The summed E-state index contributed by atoms with van der Waals surface area (Å²) in [7, 11) is -3.00. The minimum absolute atomic E-state index is 0.241.